The summed E-state index contributed by atoms with van der Waals surface area (Å²) in [4.78, 5) is 0. The van der Waals surface area contributed by atoms with Crippen molar-refractivity contribution >= 4 is 5.69 Å². The first-order chi connectivity index (χ1) is 6.19. The molecule has 0 unspecified atom stereocenters. The lowest BCUT2D eigenvalue weighted by molar-refractivity contribution is 0.578. The van der Waals surface area contributed by atoms with Crippen molar-refractivity contribution < 1.29 is 8.78 Å². The van der Waals surface area contributed by atoms with Crippen LogP contribution in [0.3, 0.4) is 0 Å². The Balaban J connectivity index is 3.14. The summed E-state index contributed by atoms with van der Waals surface area (Å²) in [7, 11) is 0. The Labute approximate surface area is 75.8 Å². The standard InChI is InChI=1S/C10H9F2N/c1-3-8-9(11)5-7(13-4-2)6-10(8)12/h1,5-6,13H,4H2,2H3. The van der Waals surface area contributed by atoms with Gasteiger partial charge in [0.2, 0.25) is 0 Å². The number of benzene rings is 1. The highest BCUT2D eigenvalue weighted by molar-refractivity contribution is 5.49. The van der Waals surface area contributed by atoms with Gasteiger partial charge >= 0.3 is 0 Å². The minimum atomic E-state index is -0.710. The first-order valence-corrected chi connectivity index (χ1v) is 3.88. The maximum absolute atomic E-state index is 13.0. The topological polar surface area (TPSA) is 12.0 Å². The fourth-order valence-electron chi connectivity index (χ4n) is 1.02. The summed E-state index contributed by atoms with van der Waals surface area (Å²) in [6, 6.07) is 2.36. The summed E-state index contributed by atoms with van der Waals surface area (Å²) >= 11 is 0. The highest BCUT2D eigenvalue weighted by Crippen LogP contribution is 2.17. The lowest BCUT2D eigenvalue weighted by Gasteiger charge is -2.04. The normalized spacial score (nSPS) is 9.38. The van der Waals surface area contributed by atoms with Crippen LogP contribution in [-0.4, -0.2) is 6.54 Å². The van der Waals surface area contributed by atoms with E-state index in [-0.39, 0.29) is 5.56 Å². The van der Waals surface area contributed by atoms with E-state index in [4.69, 9.17) is 6.42 Å². The molecule has 0 radical (unpaired) electrons. The lowest BCUT2D eigenvalue weighted by Crippen LogP contribution is -1.99. The molecule has 0 spiro atoms. The number of hydrogen-bond donors (Lipinski definition) is 1. The fourth-order valence-corrected chi connectivity index (χ4v) is 1.02. The third kappa shape index (κ3) is 1.97. The first-order valence-electron chi connectivity index (χ1n) is 3.88. The van der Waals surface area contributed by atoms with Crippen molar-refractivity contribution in [2.75, 3.05) is 11.9 Å². The Morgan fingerprint density at radius 3 is 2.31 bits per heavy atom. The van der Waals surface area contributed by atoms with Crippen LogP contribution in [0.4, 0.5) is 14.5 Å². The van der Waals surface area contributed by atoms with Gasteiger partial charge < -0.3 is 5.32 Å². The van der Waals surface area contributed by atoms with Gasteiger partial charge in [0.05, 0.1) is 5.56 Å². The number of halogens is 2. The smallest absolute Gasteiger partial charge is 0.143 e. The summed E-state index contributed by atoms with van der Waals surface area (Å²) in [6.07, 6.45) is 4.93. The number of rotatable bonds is 2. The molecule has 68 valence electrons. The third-order valence-electron chi connectivity index (χ3n) is 1.57. The highest BCUT2D eigenvalue weighted by atomic mass is 19.1. The summed E-state index contributed by atoms with van der Waals surface area (Å²) in [5.74, 6) is 0.536. The fraction of sp³-hybridized carbons (Fsp3) is 0.200. The van der Waals surface area contributed by atoms with Gasteiger partial charge in [0.25, 0.3) is 0 Å². The van der Waals surface area contributed by atoms with Crippen molar-refractivity contribution in [3.8, 4) is 12.3 Å². The van der Waals surface area contributed by atoms with Crippen molar-refractivity contribution in [2.24, 2.45) is 0 Å². The van der Waals surface area contributed by atoms with E-state index >= 15 is 0 Å². The van der Waals surface area contributed by atoms with Crippen molar-refractivity contribution in [1.29, 1.82) is 0 Å². The minimum absolute atomic E-state index is 0.318. The SMILES string of the molecule is C#Cc1c(F)cc(NCC)cc1F. The summed E-state index contributed by atoms with van der Waals surface area (Å²) in [6.45, 7) is 2.44. The molecule has 0 aliphatic heterocycles. The van der Waals surface area contributed by atoms with Crippen LogP contribution >= 0.6 is 0 Å². The van der Waals surface area contributed by atoms with Gasteiger partial charge in [-0.1, -0.05) is 5.92 Å². The van der Waals surface area contributed by atoms with Gasteiger partial charge in [-0.2, -0.15) is 0 Å². The first kappa shape index (κ1) is 9.53. The summed E-state index contributed by atoms with van der Waals surface area (Å²) in [5, 5.41) is 2.79. The zero-order valence-electron chi connectivity index (χ0n) is 7.20. The molecule has 3 heteroatoms. The van der Waals surface area contributed by atoms with Crippen LogP contribution in [0.25, 0.3) is 0 Å². The van der Waals surface area contributed by atoms with E-state index in [0.717, 1.165) is 0 Å². The number of nitrogens with one attached hydrogen (secondary N) is 1. The zero-order chi connectivity index (χ0) is 9.84. The molecule has 0 aliphatic carbocycles. The van der Waals surface area contributed by atoms with Crippen molar-refractivity contribution in [2.45, 2.75) is 6.92 Å². The molecule has 1 nitrogen and oxygen atoms in total. The second kappa shape index (κ2) is 3.90. The van der Waals surface area contributed by atoms with E-state index in [1.165, 1.54) is 12.1 Å². The predicted molar refractivity (Wildman–Crippen MR) is 48.5 cm³/mol. The molecule has 0 saturated heterocycles. The molecule has 0 heterocycles. The summed E-state index contributed by atoms with van der Waals surface area (Å²) in [5.41, 5.74) is 0.0816. The van der Waals surface area contributed by atoms with Crippen molar-refractivity contribution in [3.63, 3.8) is 0 Å². The Morgan fingerprint density at radius 1 is 1.38 bits per heavy atom. The van der Waals surface area contributed by atoms with Gasteiger partial charge in [-0.15, -0.1) is 6.42 Å². The molecule has 0 fully saturated rings. The van der Waals surface area contributed by atoms with Crippen molar-refractivity contribution in [3.05, 3.63) is 29.3 Å². The van der Waals surface area contributed by atoms with Crippen LogP contribution in [0, 0.1) is 24.0 Å². The highest BCUT2D eigenvalue weighted by Gasteiger charge is 2.07. The maximum Gasteiger partial charge on any atom is 0.143 e. The van der Waals surface area contributed by atoms with Crippen LogP contribution in [0.2, 0.25) is 0 Å². The molecular weight excluding hydrogens is 172 g/mol. The lowest BCUT2D eigenvalue weighted by atomic mass is 10.2. The Kier molecular flexibility index (Phi) is 2.86. The van der Waals surface area contributed by atoms with Gasteiger partial charge in [-0.05, 0) is 19.1 Å². The maximum atomic E-state index is 13.0. The van der Waals surface area contributed by atoms with Crippen LogP contribution in [0.5, 0.6) is 0 Å². The molecule has 1 aromatic carbocycles. The van der Waals surface area contributed by atoms with Gasteiger partial charge in [0, 0.05) is 12.2 Å². The molecular formula is C10H9F2N. The average Bonchev–Trinajstić information content (AvgIpc) is 2.04. The van der Waals surface area contributed by atoms with Gasteiger partial charge in [0.15, 0.2) is 0 Å². The number of terminal acetylenes is 1. The Bertz CT molecular complexity index is 329. The molecule has 0 aliphatic rings. The van der Waals surface area contributed by atoms with Crippen LogP contribution in [0.1, 0.15) is 12.5 Å². The number of hydrogen-bond acceptors (Lipinski definition) is 1. The molecule has 0 aromatic heterocycles. The van der Waals surface area contributed by atoms with Gasteiger partial charge in [0.1, 0.15) is 11.6 Å². The van der Waals surface area contributed by atoms with E-state index in [2.05, 4.69) is 5.32 Å². The van der Waals surface area contributed by atoms with Crippen LogP contribution in [-0.2, 0) is 0 Å². The van der Waals surface area contributed by atoms with E-state index in [9.17, 15) is 8.78 Å². The quantitative estimate of drug-likeness (QED) is 0.691. The second-order valence-corrected chi connectivity index (χ2v) is 2.49. The van der Waals surface area contributed by atoms with Crippen LogP contribution in [0.15, 0.2) is 12.1 Å². The molecule has 1 aromatic rings. The van der Waals surface area contributed by atoms with E-state index < -0.39 is 11.6 Å². The molecule has 13 heavy (non-hydrogen) atoms. The second-order valence-electron chi connectivity index (χ2n) is 2.49. The van der Waals surface area contributed by atoms with Gasteiger partial charge in [-0.3, -0.25) is 0 Å². The average molecular weight is 181 g/mol. The van der Waals surface area contributed by atoms with E-state index in [1.54, 1.807) is 0 Å². The molecule has 1 rings (SSSR count). The Hall–Kier alpha value is -1.56. The molecule has 0 saturated carbocycles. The molecule has 0 amide bonds. The summed E-state index contributed by atoms with van der Waals surface area (Å²) < 4.78 is 26.0. The van der Waals surface area contributed by atoms with E-state index in [1.807, 2.05) is 12.8 Å². The largest absolute Gasteiger partial charge is 0.385 e. The zero-order valence-corrected chi connectivity index (χ0v) is 7.20. The Morgan fingerprint density at radius 2 is 1.92 bits per heavy atom. The minimum Gasteiger partial charge on any atom is -0.385 e. The van der Waals surface area contributed by atoms with Crippen LogP contribution < -0.4 is 5.32 Å². The monoisotopic (exact) mass is 181 g/mol. The third-order valence-corrected chi connectivity index (χ3v) is 1.57. The predicted octanol–water partition coefficient (Wildman–Crippen LogP) is 2.38. The molecule has 1 N–H and O–H groups in total. The van der Waals surface area contributed by atoms with Crippen molar-refractivity contribution in [1.82, 2.24) is 0 Å². The van der Waals surface area contributed by atoms with Gasteiger partial charge in [-0.25, -0.2) is 8.78 Å². The van der Waals surface area contributed by atoms with E-state index in [0.29, 0.717) is 12.2 Å². The molecule has 0 atom stereocenters. The molecule has 0 bridgehead atoms. The number of anilines is 1.